The summed E-state index contributed by atoms with van der Waals surface area (Å²) in [5, 5.41) is 3.72. The summed E-state index contributed by atoms with van der Waals surface area (Å²) in [6, 6.07) is 1.42. The van der Waals surface area contributed by atoms with Crippen LogP contribution in [0.15, 0.2) is 0 Å². The SMILES string of the molecule is CC1CCC(NC2CCCOC2)C1. The van der Waals surface area contributed by atoms with Crippen LogP contribution in [0.1, 0.15) is 39.0 Å². The topological polar surface area (TPSA) is 21.3 Å². The fraction of sp³-hybridized carbons (Fsp3) is 1.00. The molecule has 13 heavy (non-hydrogen) atoms. The summed E-state index contributed by atoms with van der Waals surface area (Å²) < 4.78 is 5.46. The molecule has 3 unspecified atom stereocenters. The monoisotopic (exact) mass is 183 g/mol. The first-order valence-electron chi connectivity index (χ1n) is 5.68. The Hall–Kier alpha value is -0.0800. The second-order valence-electron chi connectivity index (χ2n) is 4.70. The van der Waals surface area contributed by atoms with Crippen molar-refractivity contribution in [1.29, 1.82) is 0 Å². The van der Waals surface area contributed by atoms with Crippen LogP contribution in [0.2, 0.25) is 0 Å². The molecule has 3 atom stereocenters. The van der Waals surface area contributed by atoms with Crippen molar-refractivity contribution in [3.8, 4) is 0 Å². The normalized spacial score (nSPS) is 40.8. The highest BCUT2D eigenvalue weighted by Crippen LogP contribution is 2.25. The maximum absolute atomic E-state index is 5.46. The van der Waals surface area contributed by atoms with Gasteiger partial charge >= 0.3 is 0 Å². The fourth-order valence-corrected chi connectivity index (χ4v) is 2.56. The predicted octanol–water partition coefficient (Wildman–Crippen LogP) is 1.94. The highest BCUT2D eigenvalue weighted by molar-refractivity contribution is 4.82. The van der Waals surface area contributed by atoms with Crippen molar-refractivity contribution in [3.63, 3.8) is 0 Å². The molecule has 0 amide bonds. The Morgan fingerprint density at radius 3 is 2.69 bits per heavy atom. The highest BCUT2D eigenvalue weighted by atomic mass is 16.5. The van der Waals surface area contributed by atoms with Crippen LogP contribution < -0.4 is 5.32 Å². The minimum absolute atomic E-state index is 0.643. The van der Waals surface area contributed by atoms with E-state index in [4.69, 9.17) is 4.74 Å². The van der Waals surface area contributed by atoms with E-state index in [1.165, 1.54) is 32.1 Å². The molecule has 0 aromatic carbocycles. The first-order valence-corrected chi connectivity index (χ1v) is 5.68. The van der Waals surface area contributed by atoms with Crippen molar-refractivity contribution in [2.24, 2.45) is 5.92 Å². The molecular weight excluding hydrogens is 162 g/mol. The van der Waals surface area contributed by atoms with Crippen molar-refractivity contribution in [1.82, 2.24) is 5.32 Å². The molecule has 1 aliphatic carbocycles. The molecule has 1 aliphatic heterocycles. The van der Waals surface area contributed by atoms with E-state index in [-0.39, 0.29) is 0 Å². The van der Waals surface area contributed by atoms with Crippen LogP contribution in [0.5, 0.6) is 0 Å². The van der Waals surface area contributed by atoms with Crippen LogP contribution in [0.3, 0.4) is 0 Å². The van der Waals surface area contributed by atoms with Crippen molar-refractivity contribution < 1.29 is 4.74 Å². The number of rotatable bonds is 2. The molecule has 2 rings (SSSR count). The van der Waals surface area contributed by atoms with Gasteiger partial charge in [0.05, 0.1) is 6.61 Å². The zero-order valence-corrected chi connectivity index (χ0v) is 8.59. The van der Waals surface area contributed by atoms with E-state index in [0.29, 0.717) is 6.04 Å². The van der Waals surface area contributed by atoms with Crippen molar-refractivity contribution in [3.05, 3.63) is 0 Å². The smallest absolute Gasteiger partial charge is 0.0619 e. The Bertz CT molecular complexity index is 151. The van der Waals surface area contributed by atoms with Gasteiger partial charge in [0.15, 0.2) is 0 Å². The molecule has 0 aromatic rings. The van der Waals surface area contributed by atoms with Gasteiger partial charge in [-0.1, -0.05) is 6.92 Å². The van der Waals surface area contributed by atoms with E-state index in [1.54, 1.807) is 0 Å². The van der Waals surface area contributed by atoms with Crippen molar-refractivity contribution in [2.45, 2.75) is 51.1 Å². The summed E-state index contributed by atoms with van der Waals surface area (Å²) in [6.07, 6.45) is 6.70. The lowest BCUT2D eigenvalue weighted by Gasteiger charge is -2.26. The third-order valence-corrected chi connectivity index (χ3v) is 3.33. The van der Waals surface area contributed by atoms with E-state index < -0.39 is 0 Å². The van der Waals surface area contributed by atoms with Gasteiger partial charge in [-0.15, -0.1) is 0 Å². The van der Waals surface area contributed by atoms with Gasteiger partial charge in [-0.25, -0.2) is 0 Å². The van der Waals surface area contributed by atoms with E-state index in [2.05, 4.69) is 12.2 Å². The van der Waals surface area contributed by atoms with E-state index in [9.17, 15) is 0 Å². The van der Waals surface area contributed by atoms with Crippen LogP contribution in [0.4, 0.5) is 0 Å². The van der Waals surface area contributed by atoms with Gasteiger partial charge < -0.3 is 10.1 Å². The number of hydrogen-bond acceptors (Lipinski definition) is 2. The number of nitrogens with one attached hydrogen (secondary N) is 1. The second-order valence-corrected chi connectivity index (χ2v) is 4.70. The average Bonchev–Trinajstić information content (AvgIpc) is 2.53. The molecule has 0 spiro atoms. The molecular formula is C11H21NO. The van der Waals surface area contributed by atoms with Gasteiger partial charge in [-0.3, -0.25) is 0 Å². The Labute approximate surface area is 81.0 Å². The molecule has 1 saturated carbocycles. The largest absolute Gasteiger partial charge is 0.380 e. The zero-order valence-electron chi connectivity index (χ0n) is 8.59. The summed E-state index contributed by atoms with van der Waals surface area (Å²) in [5.74, 6) is 0.932. The molecule has 2 nitrogen and oxygen atoms in total. The Morgan fingerprint density at radius 2 is 2.08 bits per heavy atom. The highest BCUT2D eigenvalue weighted by Gasteiger charge is 2.24. The number of ether oxygens (including phenoxy) is 1. The van der Waals surface area contributed by atoms with Crippen LogP contribution in [-0.2, 0) is 4.74 Å². The van der Waals surface area contributed by atoms with Crippen LogP contribution in [0, 0.1) is 5.92 Å². The average molecular weight is 183 g/mol. The molecule has 2 fully saturated rings. The number of hydrogen-bond donors (Lipinski definition) is 1. The molecule has 1 heterocycles. The summed E-state index contributed by atoms with van der Waals surface area (Å²) in [7, 11) is 0. The van der Waals surface area contributed by atoms with Crippen LogP contribution >= 0.6 is 0 Å². The maximum Gasteiger partial charge on any atom is 0.0619 e. The van der Waals surface area contributed by atoms with Gasteiger partial charge in [0.25, 0.3) is 0 Å². The third-order valence-electron chi connectivity index (χ3n) is 3.33. The molecule has 2 heteroatoms. The summed E-state index contributed by atoms with van der Waals surface area (Å²) in [6.45, 7) is 4.27. The molecule has 76 valence electrons. The summed E-state index contributed by atoms with van der Waals surface area (Å²) >= 11 is 0. The van der Waals surface area contributed by atoms with E-state index in [0.717, 1.165) is 25.2 Å². The lowest BCUT2D eigenvalue weighted by molar-refractivity contribution is 0.0664. The van der Waals surface area contributed by atoms with Crippen LogP contribution in [0.25, 0.3) is 0 Å². The third kappa shape index (κ3) is 2.68. The van der Waals surface area contributed by atoms with Crippen LogP contribution in [-0.4, -0.2) is 25.3 Å². The maximum atomic E-state index is 5.46. The van der Waals surface area contributed by atoms with E-state index in [1.807, 2.05) is 0 Å². The van der Waals surface area contributed by atoms with Gasteiger partial charge in [0, 0.05) is 18.7 Å². The molecule has 1 N–H and O–H groups in total. The standard InChI is InChI=1S/C11H21NO/c1-9-4-5-10(7-9)12-11-3-2-6-13-8-11/h9-12H,2-8H2,1H3. The van der Waals surface area contributed by atoms with Crippen molar-refractivity contribution >= 4 is 0 Å². The van der Waals surface area contributed by atoms with Gasteiger partial charge in [0.2, 0.25) is 0 Å². The summed E-state index contributed by atoms with van der Waals surface area (Å²) in [5.41, 5.74) is 0. The first kappa shape index (κ1) is 9.47. The van der Waals surface area contributed by atoms with Gasteiger partial charge in [0.1, 0.15) is 0 Å². The van der Waals surface area contributed by atoms with Gasteiger partial charge in [-0.2, -0.15) is 0 Å². The van der Waals surface area contributed by atoms with E-state index >= 15 is 0 Å². The zero-order chi connectivity index (χ0) is 9.10. The Balaban J connectivity index is 1.71. The minimum Gasteiger partial charge on any atom is -0.380 e. The minimum atomic E-state index is 0.643. The Kier molecular flexibility index (Phi) is 3.23. The molecule has 2 aliphatic rings. The summed E-state index contributed by atoms with van der Waals surface area (Å²) in [4.78, 5) is 0. The van der Waals surface area contributed by atoms with Crippen molar-refractivity contribution in [2.75, 3.05) is 13.2 Å². The van der Waals surface area contributed by atoms with Gasteiger partial charge in [-0.05, 0) is 38.0 Å². The fourth-order valence-electron chi connectivity index (χ4n) is 2.56. The lowest BCUT2D eigenvalue weighted by Crippen LogP contribution is -2.42. The second kappa shape index (κ2) is 4.43. The molecule has 0 bridgehead atoms. The Morgan fingerprint density at radius 1 is 1.15 bits per heavy atom. The quantitative estimate of drug-likeness (QED) is 0.706. The molecule has 0 radical (unpaired) electrons. The molecule has 0 aromatic heterocycles. The molecule has 1 saturated heterocycles. The lowest BCUT2D eigenvalue weighted by atomic mass is 10.1. The predicted molar refractivity (Wildman–Crippen MR) is 53.8 cm³/mol. The first-order chi connectivity index (χ1) is 6.34.